The molecule has 1 amide bonds. The summed E-state index contributed by atoms with van der Waals surface area (Å²) in [6, 6.07) is -0.507. The van der Waals surface area contributed by atoms with Gasteiger partial charge in [0.25, 0.3) is 0 Å². The third kappa shape index (κ3) is 16.1. The van der Waals surface area contributed by atoms with Gasteiger partial charge in [-0.2, -0.15) is 0 Å². The lowest BCUT2D eigenvalue weighted by Crippen LogP contribution is -2.44. The lowest BCUT2D eigenvalue weighted by Gasteiger charge is -2.28. The zero-order valence-electron chi connectivity index (χ0n) is 19.0. The van der Waals surface area contributed by atoms with Crippen molar-refractivity contribution in [3.05, 3.63) is 12.2 Å². The van der Waals surface area contributed by atoms with E-state index in [0.717, 1.165) is 38.4 Å². The average Bonchev–Trinajstić information content (AvgIpc) is 2.73. The van der Waals surface area contributed by atoms with Gasteiger partial charge in [0.2, 0.25) is 5.91 Å². The van der Waals surface area contributed by atoms with Crippen molar-refractivity contribution >= 4 is 18.2 Å². The molecular weight excluding hydrogens is 380 g/mol. The summed E-state index contributed by atoms with van der Waals surface area (Å²) in [6.07, 6.45) is 20.1. The second-order valence-electron chi connectivity index (χ2n) is 7.99. The van der Waals surface area contributed by atoms with Crippen LogP contribution in [0.25, 0.3) is 0 Å². The minimum Gasteiger partial charge on any atom is -0.481 e. The van der Waals surface area contributed by atoms with Crippen LogP contribution in [0.1, 0.15) is 103 Å². The minimum atomic E-state index is -1.01. The molecule has 3 N–H and O–H groups in total. The highest BCUT2D eigenvalue weighted by molar-refractivity contribution is 5.83. The van der Waals surface area contributed by atoms with E-state index in [1.165, 1.54) is 49.8 Å². The quantitative estimate of drug-likeness (QED) is 0.156. The maximum Gasteiger partial charge on any atom is 0.303 e. The van der Waals surface area contributed by atoms with Crippen LogP contribution in [-0.4, -0.2) is 47.3 Å². The van der Waals surface area contributed by atoms with E-state index in [4.69, 9.17) is 10.8 Å². The molecule has 0 fully saturated rings. The average molecular weight is 425 g/mol. The number of amides is 1. The molecule has 0 spiro atoms. The number of aldehydes is 1. The van der Waals surface area contributed by atoms with Crippen LogP contribution < -0.4 is 5.73 Å². The maximum atomic E-state index is 12.2. The van der Waals surface area contributed by atoms with Gasteiger partial charge in [0.1, 0.15) is 6.29 Å². The summed E-state index contributed by atoms with van der Waals surface area (Å²) in [5.41, 5.74) is 5.56. The second kappa shape index (κ2) is 20.6. The van der Waals surface area contributed by atoms with Crippen molar-refractivity contribution < 1.29 is 19.5 Å². The minimum absolute atomic E-state index is 0.0925. The van der Waals surface area contributed by atoms with E-state index in [0.29, 0.717) is 6.42 Å². The second-order valence-corrected chi connectivity index (χ2v) is 7.99. The van der Waals surface area contributed by atoms with Gasteiger partial charge >= 0.3 is 5.97 Å². The molecule has 0 saturated carbocycles. The molecule has 0 aromatic carbocycles. The smallest absolute Gasteiger partial charge is 0.303 e. The van der Waals surface area contributed by atoms with Gasteiger partial charge < -0.3 is 20.5 Å². The number of hydrogen-bond donors (Lipinski definition) is 2. The molecule has 1 atom stereocenters. The Labute approximate surface area is 183 Å². The molecule has 0 radical (unpaired) electrons. The fraction of sp³-hybridized carbons (Fsp3) is 0.792. The van der Waals surface area contributed by atoms with Gasteiger partial charge in [-0.1, -0.05) is 70.4 Å². The topological polar surface area (TPSA) is 101 Å². The molecule has 0 aliphatic heterocycles. The number of nitrogens with two attached hydrogens (primary N) is 1. The monoisotopic (exact) mass is 424 g/mol. The first-order valence-electron chi connectivity index (χ1n) is 11.9. The van der Waals surface area contributed by atoms with Crippen LogP contribution in [0.3, 0.4) is 0 Å². The van der Waals surface area contributed by atoms with Gasteiger partial charge in [-0.05, 0) is 32.1 Å². The fourth-order valence-corrected chi connectivity index (χ4v) is 3.52. The van der Waals surface area contributed by atoms with Crippen molar-refractivity contribution in [1.82, 2.24) is 4.90 Å². The molecule has 0 heterocycles. The number of allylic oxidation sites excluding steroid dienone is 2. The van der Waals surface area contributed by atoms with E-state index in [2.05, 4.69) is 19.1 Å². The highest BCUT2D eigenvalue weighted by Crippen LogP contribution is 2.13. The first-order chi connectivity index (χ1) is 14.6. The molecular formula is C24H44N2O4. The summed E-state index contributed by atoms with van der Waals surface area (Å²) >= 11 is 0. The third-order valence-electron chi connectivity index (χ3n) is 5.31. The Hall–Kier alpha value is -1.69. The number of carbonyl (C=O) groups is 3. The molecule has 0 aromatic heterocycles. The van der Waals surface area contributed by atoms with Crippen LogP contribution >= 0.6 is 0 Å². The highest BCUT2D eigenvalue weighted by atomic mass is 16.4. The lowest BCUT2D eigenvalue weighted by molar-refractivity contribution is -0.142. The predicted octanol–water partition coefficient (Wildman–Crippen LogP) is 4.85. The summed E-state index contributed by atoms with van der Waals surface area (Å²) in [5, 5.41) is 8.74. The Morgan fingerprint density at radius 3 is 2.00 bits per heavy atom. The first kappa shape index (κ1) is 28.3. The number of nitrogens with zero attached hydrogens (tertiary/aromatic N) is 1. The lowest BCUT2D eigenvalue weighted by atomic mass is 10.0. The van der Waals surface area contributed by atoms with E-state index in [1.54, 1.807) is 0 Å². The number of carboxylic acids is 1. The third-order valence-corrected chi connectivity index (χ3v) is 5.31. The van der Waals surface area contributed by atoms with Crippen molar-refractivity contribution in [1.29, 1.82) is 0 Å². The number of aliphatic carboxylic acids is 1. The standard InChI is InChI=1S/C24H44N2O4/c1-2-3-4-5-6-7-8-9-10-11-12-13-14-15-16-22(21-27)26(20-19-25)23(28)17-18-24(29)30/h9-10,21-22H,2-8,11-20,25H2,1H3,(H,29,30)/b10-9-. The summed E-state index contributed by atoms with van der Waals surface area (Å²) in [5.74, 6) is -1.32. The highest BCUT2D eigenvalue weighted by Gasteiger charge is 2.22. The van der Waals surface area contributed by atoms with Gasteiger partial charge in [0.15, 0.2) is 0 Å². The van der Waals surface area contributed by atoms with Crippen LogP contribution in [0.2, 0.25) is 0 Å². The van der Waals surface area contributed by atoms with Crippen molar-refractivity contribution in [3.8, 4) is 0 Å². The van der Waals surface area contributed by atoms with Gasteiger partial charge in [-0.25, -0.2) is 0 Å². The summed E-state index contributed by atoms with van der Waals surface area (Å²) in [4.78, 5) is 35.8. The number of unbranched alkanes of at least 4 members (excludes halogenated alkanes) is 10. The molecule has 0 rings (SSSR count). The Morgan fingerprint density at radius 1 is 0.900 bits per heavy atom. The number of rotatable bonds is 21. The Balaban J connectivity index is 3.90. The zero-order valence-corrected chi connectivity index (χ0v) is 19.0. The predicted molar refractivity (Wildman–Crippen MR) is 122 cm³/mol. The maximum absolute atomic E-state index is 12.2. The van der Waals surface area contributed by atoms with Crippen LogP contribution in [-0.2, 0) is 14.4 Å². The molecule has 0 bridgehead atoms. The normalized spacial score (nSPS) is 12.2. The van der Waals surface area contributed by atoms with Crippen molar-refractivity contribution in [3.63, 3.8) is 0 Å². The summed E-state index contributed by atoms with van der Waals surface area (Å²) in [6.45, 7) is 2.78. The van der Waals surface area contributed by atoms with E-state index in [1.807, 2.05) is 0 Å². The van der Waals surface area contributed by atoms with E-state index in [9.17, 15) is 14.4 Å². The van der Waals surface area contributed by atoms with Crippen molar-refractivity contribution in [2.75, 3.05) is 13.1 Å². The van der Waals surface area contributed by atoms with E-state index in [-0.39, 0.29) is 31.8 Å². The molecule has 0 aliphatic rings. The van der Waals surface area contributed by atoms with Gasteiger partial charge in [0.05, 0.1) is 12.5 Å². The van der Waals surface area contributed by atoms with E-state index >= 15 is 0 Å². The molecule has 0 aromatic rings. The van der Waals surface area contributed by atoms with Crippen molar-refractivity contribution in [2.24, 2.45) is 5.73 Å². The molecule has 6 heteroatoms. The molecule has 30 heavy (non-hydrogen) atoms. The van der Waals surface area contributed by atoms with Gasteiger partial charge in [0, 0.05) is 19.5 Å². The first-order valence-corrected chi connectivity index (χ1v) is 11.9. The zero-order chi connectivity index (χ0) is 22.5. The fourth-order valence-electron chi connectivity index (χ4n) is 3.52. The molecule has 0 aliphatic carbocycles. The Bertz CT molecular complexity index is 480. The molecule has 6 nitrogen and oxygen atoms in total. The van der Waals surface area contributed by atoms with Crippen LogP contribution in [0.15, 0.2) is 12.2 Å². The van der Waals surface area contributed by atoms with E-state index < -0.39 is 12.0 Å². The van der Waals surface area contributed by atoms with Crippen LogP contribution in [0, 0.1) is 0 Å². The van der Waals surface area contributed by atoms with Crippen LogP contribution in [0.4, 0.5) is 0 Å². The van der Waals surface area contributed by atoms with Crippen LogP contribution in [0.5, 0.6) is 0 Å². The Morgan fingerprint density at radius 2 is 1.47 bits per heavy atom. The SMILES string of the molecule is CCCCCCCC/C=C\CCCCCCC(C=O)N(CCN)C(=O)CCC(=O)O. The Kier molecular flexibility index (Phi) is 19.4. The summed E-state index contributed by atoms with van der Waals surface area (Å²) in [7, 11) is 0. The van der Waals surface area contributed by atoms with Gasteiger partial charge in [-0.15, -0.1) is 0 Å². The van der Waals surface area contributed by atoms with Crippen molar-refractivity contribution in [2.45, 2.75) is 109 Å². The number of hydrogen-bond acceptors (Lipinski definition) is 4. The van der Waals surface area contributed by atoms with Gasteiger partial charge in [-0.3, -0.25) is 9.59 Å². The number of carbonyl (C=O) groups excluding carboxylic acids is 2. The molecule has 0 saturated heterocycles. The molecule has 1 unspecified atom stereocenters. The largest absolute Gasteiger partial charge is 0.481 e. The number of carboxylic acid groups (broad SMARTS) is 1. The summed E-state index contributed by atoms with van der Waals surface area (Å²) < 4.78 is 0. The molecule has 174 valence electrons.